The van der Waals surface area contributed by atoms with Crippen LogP contribution in [0.5, 0.6) is 0 Å². The summed E-state index contributed by atoms with van der Waals surface area (Å²) < 4.78 is 40.8. The van der Waals surface area contributed by atoms with Gasteiger partial charge in [0.1, 0.15) is 10.7 Å². The molecule has 0 aliphatic rings. The van der Waals surface area contributed by atoms with Gasteiger partial charge in [-0.3, -0.25) is 0 Å². The van der Waals surface area contributed by atoms with Crippen molar-refractivity contribution in [1.82, 2.24) is 10.0 Å². The first-order chi connectivity index (χ1) is 9.27. The standard InChI is InChI=1S/C14H23FN2O2S/c1-5-16-9-12-6-7-13(15)14(8-12)20(18,19)17-11(4)10(2)3/h6-8,10-11,16-17H,5,9H2,1-4H3. The molecule has 1 unspecified atom stereocenters. The van der Waals surface area contributed by atoms with E-state index in [1.54, 1.807) is 13.0 Å². The quantitative estimate of drug-likeness (QED) is 0.812. The van der Waals surface area contributed by atoms with Crippen LogP contribution in [0.2, 0.25) is 0 Å². The summed E-state index contributed by atoms with van der Waals surface area (Å²) in [4.78, 5) is -0.291. The zero-order valence-electron chi connectivity index (χ0n) is 12.4. The minimum Gasteiger partial charge on any atom is -0.313 e. The van der Waals surface area contributed by atoms with E-state index < -0.39 is 15.8 Å². The number of benzene rings is 1. The summed E-state index contributed by atoms with van der Waals surface area (Å²) in [5.41, 5.74) is 0.742. The molecule has 0 fully saturated rings. The van der Waals surface area contributed by atoms with Gasteiger partial charge in [0.15, 0.2) is 0 Å². The highest BCUT2D eigenvalue weighted by Gasteiger charge is 2.22. The van der Waals surface area contributed by atoms with E-state index in [0.29, 0.717) is 6.54 Å². The summed E-state index contributed by atoms with van der Waals surface area (Å²) >= 11 is 0. The topological polar surface area (TPSA) is 58.2 Å². The van der Waals surface area contributed by atoms with Gasteiger partial charge in [0.25, 0.3) is 0 Å². The molecular weight excluding hydrogens is 279 g/mol. The van der Waals surface area contributed by atoms with E-state index in [1.165, 1.54) is 12.1 Å². The van der Waals surface area contributed by atoms with E-state index in [4.69, 9.17) is 0 Å². The molecule has 0 aromatic heterocycles. The second-order valence-corrected chi connectivity index (χ2v) is 6.88. The third-order valence-corrected chi connectivity index (χ3v) is 4.78. The number of hydrogen-bond donors (Lipinski definition) is 2. The van der Waals surface area contributed by atoms with Crippen LogP contribution in [0.1, 0.15) is 33.3 Å². The molecule has 0 aliphatic carbocycles. The Kier molecular flexibility index (Phi) is 6.10. The van der Waals surface area contributed by atoms with Gasteiger partial charge < -0.3 is 5.32 Å². The van der Waals surface area contributed by atoms with E-state index in [2.05, 4.69) is 10.0 Å². The van der Waals surface area contributed by atoms with Crippen molar-refractivity contribution in [2.24, 2.45) is 5.92 Å². The lowest BCUT2D eigenvalue weighted by Crippen LogP contribution is -2.36. The highest BCUT2D eigenvalue weighted by atomic mass is 32.2. The summed E-state index contributed by atoms with van der Waals surface area (Å²) in [5.74, 6) is -0.591. The molecule has 0 radical (unpaired) electrons. The third-order valence-electron chi connectivity index (χ3n) is 3.21. The predicted molar refractivity (Wildman–Crippen MR) is 78.4 cm³/mol. The Bertz CT molecular complexity index is 544. The number of sulfonamides is 1. The van der Waals surface area contributed by atoms with Gasteiger partial charge in [0.05, 0.1) is 0 Å². The Morgan fingerprint density at radius 2 is 1.90 bits per heavy atom. The highest BCUT2D eigenvalue weighted by Crippen LogP contribution is 2.17. The molecule has 0 amide bonds. The van der Waals surface area contributed by atoms with E-state index in [-0.39, 0.29) is 16.9 Å². The van der Waals surface area contributed by atoms with Crippen molar-refractivity contribution >= 4 is 10.0 Å². The van der Waals surface area contributed by atoms with Crippen LogP contribution in [0.25, 0.3) is 0 Å². The highest BCUT2D eigenvalue weighted by molar-refractivity contribution is 7.89. The van der Waals surface area contributed by atoms with Gasteiger partial charge in [-0.1, -0.05) is 26.8 Å². The molecule has 1 atom stereocenters. The van der Waals surface area contributed by atoms with Crippen molar-refractivity contribution in [3.63, 3.8) is 0 Å². The van der Waals surface area contributed by atoms with E-state index in [0.717, 1.165) is 12.1 Å². The predicted octanol–water partition coefficient (Wildman–Crippen LogP) is 2.26. The Balaban J connectivity index is 3.04. The molecule has 1 rings (SSSR count). The molecule has 4 nitrogen and oxygen atoms in total. The fraction of sp³-hybridized carbons (Fsp3) is 0.571. The molecule has 0 saturated heterocycles. The smallest absolute Gasteiger partial charge is 0.243 e. The first-order valence-corrected chi connectivity index (χ1v) is 8.27. The van der Waals surface area contributed by atoms with Crippen LogP contribution in [-0.4, -0.2) is 21.0 Å². The van der Waals surface area contributed by atoms with E-state index in [1.807, 2.05) is 20.8 Å². The molecule has 0 spiro atoms. The number of nitrogens with one attached hydrogen (secondary N) is 2. The number of hydrogen-bond acceptors (Lipinski definition) is 3. The molecule has 20 heavy (non-hydrogen) atoms. The van der Waals surface area contributed by atoms with Crippen LogP contribution >= 0.6 is 0 Å². The van der Waals surface area contributed by atoms with Crippen LogP contribution in [0, 0.1) is 11.7 Å². The van der Waals surface area contributed by atoms with E-state index in [9.17, 15) is 12.8 Å². The van der Waals surface area contributed by atoms with Gasteiger partial charge >= 0.3 is 0 Å². The fourth-order valence-electron chi connectivity index (χ4n) is 1.58. The van der Waals surface area contributed by atoms with Gasteiger partial charge in [-0.05, 0) is 37.1 Å². The van der Waals surface area contributed by atoms with Crippen molar-refractivity contribution in [3.8, 4) is 0 Å². The van der Waals surface area contributed by atoms with Gasteiger partial charge in [-0.15, -0.1) is 0 Å². The Labute approximate surface area is 120 Å². The number of halogens is 1. The SMILES string of the molecule is CCNCc1ccc(F)c(S(=O)(=O)NC(C)C(C)C)c1. The van der Waals surface area contributed by atoms with Crippen LogP contribution in [0.15, 0.2) is 23.1 Å². The Morgan fingerprint density at radius 3 is 2.45 bits per heavy atom. The van der Waals surface area contributed by atoms with Gasteiger partial charge in [0, 0.05) is 12.6 Å². The molecular formula is C14H23FN2O2S. The summed E-state index contributed by atoms with van der Waals surface area (Å²) in [7, 11) is -3.84. The lowest BCUT2D eigenvalue weighted by molar-refractivity contribution is 0.473. The lowest BCUT2D eigenvalue weighted by atomic mass is 10.1. The molecule has 1 aromatic rings. The van der Waals surface area contributed by atoms with Crippen molar-refractivity contribution in [2.75, 3.05) is 6.54 Å². The normalized spacial score (nSPS) is 13.7. The van der Waals surface area contributed by atoms with Crippen molar-refractivity contribution in [1.29, 1.82) is 0 Å². The van der Waals surface area contributed by atoms with Crippen LogP contribution in [-0.2, 0) is 16.6 Å². The zero-order valence-corrected chi connectivity index (χ0v) is 13.2. The monoisotopic (exact) mass is 302 g/mol. The lowest BCUT2D eigenvalue weighted by Gasteiger charge is -2.18. The molecule has 2 N–H and O–H groups in total. The minimum atomic E-state index is -3.84. The molecule has 0 heterocycles. The molecule has 6 heteroatoms. The van der Waals surface area contributed by atoms with Crippen molar-refractivity contribution < 1.29 is 12.8 Å². The van der Waals surface area contributed by atoms with Crippen LogP contribution < -0.4 is 10.0 Å². The molecule has 0 saturated carbocycles. The second kappa shape index (κ2) is 7.15. The Hall–Kier alpha value is -0.980. The summed E-state index contributed by atoms with van der Waals surface area (Å²) in [5, 5.41) is 3.08. The van der Waals surface area contributed by atoms with Crippen LogP contribution in [0.4, 0.5) is 4.39 Å². The maximum absolute atomic E-state index is 13.8. The summed E-state index contributed by atoms with van der Waals surface area (Å²) in [6, 6.07) is 3.91. The van der Waals surface area contributed by atoms with Crippen molar-refractivity contribution in [2.45, 2.75) is 45.2 Å². The zero-order chi connectivity index (χ0) is 15.3. The minimum absolute atomic E-state index is 0.137. The third kappa shape index (κ3) is 4.54. The Morgan fingerprint density at radius 1 is 1.25 bits per heavy atom. The first kappa shape index (κ1) is 17.1. The maximum Gasteiger partial charge on any atom is 0.243 e. The molecule has 0 aliphatic heterocycles. The second-order valence-electron chi connectivity index (χ2n) is 5.20. The van der Waals surface area contributed by atoms with Crippen LogP contribution in [0.3, 0.4) is 0 Å². The fourth-order valence-corrected chi connectivity index (χ4v) is 3.10. The largest absolute Gasteiger partial charge is 0.313 e. The maximum atomic E-state index is 13.8. The van der Waals surface area contributed by atoms with E-state index >= 15 is 0 Å². The van der Waals surface area contributed by atoms with Gasteiger partial charge in [-0.25, -0.2) is 17.5 Å². The summed E-state index contributed by atoms with van der Waals surface area (Å²) in [6.07, 6.45) is 0. The number of rotatable bonds is 7. The average molecular weight is 302 g/mol. The molecule has 0 bridgehead atoms. The molecule has 114 valence electrons. The van der Waals surface area contributed by atoms with Gasteiger partial charge in [0.2, 0.25) is 10.0 Å². The molecule has 1 aromatic carbocycles. The first-order valence-electron chi connectivity index (χ1n) is 6.79. The van der Waals surface area contributed by atoms with Crippen molar-refractivity contribution in [3.05, 3.63) is 29.6 Å². The summed E-state index contributed by atoms with van der Waals surface area (Å²) in [6.45, 7) is 8.81. The van der Waals surface area contributed by atoms with Gasteiger partial charge in [-0.2, -0.15) is 0 Å². The average Bonchev–Trinajstić information content (AvgIpc) is 2.36.